The van der Waals surface area contributed by atoms with Crippen molar-refractivity contribution < 1.29 is 17.9 Å². The summed E-state index contributed by atoms with van der Waals surface area (Å²) in [6.45, 7) is 1.34. The van der Waals surface area contributed by atoms with E-state index in [9.17, 15) is 18.5 Å². The molecule has 0 heterocycles. The maximum Gasteiger partial charge on any atom is 0.295 e. The lowest BCUT2D eigenvalue weighted by molar-refractivity contribution is -0.386. The summed E-state index contributed by atoms with van der Waals surface area (Å²) in [5, 5.41) is 11.3. The Morgan fingerprint density at radius 1 is 1.09 bits per heavy atom. The molecule has 7 heteroatoms. The molecule has 2 aromatic carbocycles. The van der Waals surface area contributed by atoms with E-state index in [0.717, 1.165) is 12.0 Å². The Hall–Kier alpha value is -2.25. The van der Waals surface area contributed by atoms with Crippen molar-refractivity contribution in [3.63, 3.8) is 0 Å². The van der Waals surface area contributed by atoms with Crippen molar-refractivity contribution in [2.75, 3.05) is 0 Å². The smallest absolute Gasteiger partial charge is 0.282 e. The highest BCUT2D eigenvalue weighted by atomic mass is 32.2. The third-order valence-electron chi connectivity index (χ3n) is 3.68. The summed E-state index contributed by atoms with van der Waals surface area (Å²) in [5.74, 6) is 0. The standard InChI is InChI=1S/C16H17NO5S/c1-12-15(23(20,21)22)11-10-14(16(12)17(18)19)9-5-8-13-6-3-2-4-7-13/h2-4,6-7,10-11H,5,8-9H2,1H3,(H,20,21,22). The number of nitro benzene ring substituents is 1. The fraction of sp³-hybridized carbons (Fsp3) is 0.250. The number of nitro groups is 1. The van der Waals surface area contributed by atoms with Gasteiger partial charge in [-0.2, -0.15) is 8.42 Å². The van der Waals surface area contributed by atoms with Crippen LogP contribution in [0.25, 0.3) is 0 Å². The summed E-state index contributed by atoms with van der Waals surface area (Å²) in [5.41, 5.74) is 1.33. The Morgan fingerprint density at radius 2 is 1.74 bits per heavy atom. The minimum atomic E-state index is -4.47. The van der Waals surface area contributed by atoms with Crippen molar-refractivity contribution in [3.8, 4) is 0 Å². The average molecular weight is 335 g/mol. The molecule has 0 saturated heterocycles. The summed E-state index contributed by atoms with van der Waals surface area (Å²) < 4.78 is 31.7. The second-order valence-electron chi connectivity index (χ2n) is 5.27. The normalized spacial score (nSPS) is 11.4. The van der Waals surface area contributed by atoms with Gasteiger partial charge in [0.1, 0.15) is 4.90 Å². The van der Waals surface area contributed by atoms with Gasteiger partial charge in [-0.05, 0) is 37.8 Å². The fourth-order valence-corrected chi connectivity index (χ4v) is 3.32. The van der Waals surface area contributed by atoms with Gasteiger partial charge in [-0.15, -0.1) is 0 Å². The summed E-state index contributed by atoms with van der Waals surface area (Å²) >= 11 is 0. The van der Waals surface area contributed by atoms with Gasteiger partial charge in [0.25, 0.3) is 15.8 Å². The first-order valence-electron chi connectivity index (χ1n) is 7.09. The molecule has 0 aliphatic heterocycles. The molecular weight excluding hydrogens is 318 g/mol. The van der Waals surface area contributed by atoms with Gasteiger partial charge in [0.05, 0.1) is 4.92 Å². The minimum Gasteiger partial charge on any atom is -0.282 e. The maximum atomic E-state index is 11.3. The molecule has 0 aliphatic carbocycles. The molecule has 0 unspecified atom stereocenters. The van der Waals surface area contributed by atoms with Gasteiger partial charge in [-0.1, -0.05) is 36.4 Å². The topological polar surface area (TPSA) is 97.5 Å². The quantitative estimate of drug-likeness (QED) is 0.496. The lowest BCUT2D eigenvalue weighted by atomic mass is 10.0. The van der Waals surface area contributed by atoms with Gasteiger partial charge in [0, 0.05) is 11.1 Å². The van der Waals surface area contributed by atoms with Crippen molar-refractivity contribution in [1.29, 1.82) is 0 Å². The molecule has 0 fully saturated rings. The zero-order valence-corrected chi connectivity index (χ0v) is 13.4. The van der Waals surface area contributed by atoms with Gasteiger partial charge < -0.3 is 0 Å². The molecule has 6 nitrogen and oxygen atoms in total. The number of hydrogen-bond acceptors (Lipinski definition) is 4. The van der Waals surface area contributed by atoms with Gasteiger partial charge in [-0.3, -0.25) is 14.7 Å². The van der Waals surface area contributed by atoms with Gasteiger partial charge in [0.15, 0.2) is 0 Å². The van der Waals surface area contributed by atoms with E-state index >= 15 is 0 Å². The van der Waals surface area contributed by atoms with Crippen molar-refractivity contribution in [2.45, 2.75) is 31.1 Å². The Bertz CT molecular complexity index is 816. The largest absolute Gasteiger partial charge is 0.295 e. The van der Waals surface area contributed by atoms with E-state index in [4.69, 9.17) is 4.55 Å². The fourth-order valence-electron chi connectivity index (χ4n) is 2.60. The highest BCUT2D eigenvalue weighted by Gasteiger charge is 2.24. The Kier molecular flexibility index (Phi) is 5.12. The van der Waals surface area contributed by atoms with Crippen molar-refractivity contribution in [3.05, 3.63) is 69.3 Å². The van der Waals surface area contributed by atoms with Crippen LogP contribution in [0.3, 0.4) is 0 Å². The zero-order valence-electron chi connectivity index (χ0n) is 12.6. The van der Waals surface area contributed by atoms with Crippen LogP contribution < -0.4 is 0 Å². The Morgan fingerprint density at radius 3 is 2.30 bits per heavy atom. The minimum absolute atomic E-state index is 0.0327. The molecule has 2 rings (SSSR count). The van der Waals surface area contributed by atoms with Crippen LogP contribution in [0.2, 0.25) is 0 Å². The van der Waals surface area contributed by atoms with Crippen LogP contribution in [0.5, 0.6) is 0 Å². The van der Waals surface area contributed by atoms with Crippen LogP contribution in [-0.4, -0.2) is 17.9 Å². The number of aryl methyl sites for hydroxylation is 2. The van der Waals surface area contributed by atoms with Crippen LogP contribution in [0.15, 0.2) is 47.4 Å². The SMILES string of the molecule is Cc1c(S(=O)(=O)O)ccc(CCCc2ccccc2)c1[N+](=O)[O-]. The Labute approximate surface area is 134 Å². The molecule has 1 N–H and O–H groups in total. The van der Waals surface area contributed by atoms with E-state index in [0.29, 0.717) is 18.4 Å². The van der Waals surface area contributed by atoms with Crippen molar-refractivity contribution in [2.24, 2.45) is 0 Å². The van der Waals surface area contributed by atoms with Crippen molar-refractivity contribution in [1.82, 2.24) is 0 Å². The van der Waals surface area contributed by atoms with Crippen LogP contribution in [0.1, 0.15) is 23.1 Å². The highest BCUT2D eigenvalue weighted by molar-refractivity contribution is 7.85. The van der Waals surface area contributed by atoms with E-state index in [1.54, 1.807) is 0 Å². The molecule has 0 atom stereocenters. The predicted octanol–water partition coefficient (Wildman–Crippen LogP) is 3.33. The molecule has 0 spiro atoms. The third-order valence-corrected chi connectivity index (χ3v) is 4.68. The molecule has 0 saturated carbocycles. The summed E-state index contributed by atoms with van der Waals surface area (Å²) in [7, 11) is -4.47. The summed E-state index contributed by atoms with van der Waals surface area (Å²) in [6, 6.07) is 12.4. The molecule has 0 aromatic heterocycles. The number of benzene rings is 2. The van der Waals surface area contributed by atoms with Gasteiger partial charge in [0.2, 0.25) is 0 Å². The van der Waals surface area contributed by atoms with E-state index in [1.165, 1.54) is 19.1 Å². The Balaban J connectivity index is 2.25. The van der Waals surface area contributed by atoms with E-state index < -0.39 is 19.9 Å². The molecule has 0 bridgehead atoms. The first kappa shape index (κ1) is 17.1. The molecule has 23 heavy (non-hydrogen) atoms. The first-order chi connectivity index (χ1) is 10.8. The molecule has 0 aliphatic rings. The summed E-state index contributed by atoms with van der Waals surface area (Å²) in [4.78, 5) is 10.3. The van der Waals surface area contributed by atoms with Crippen LogP contribution in [0, 0.1) is 17.0 Å². The lowest BCUT2D eigenvalue weighted by Gasteiger charge is -2.09. The molecule has 0 amide bonds. The zero-order chi connectivity index (χ0) is 17.0. The van der Waals surface area contributed by atoms with Crippen LogP contribution in [0.4, 0.5) is 5.69 Å². The lowest BCUT2D eigenvalue weighted by Crippen LogP contribution is -2.06. The third kappa shape index (κ3) is 4.14. The molecule has 0 radical (unpaired) electrons. The van der Waals surface area contributed by atoms with E-state index in [-0.39, 0.29) is 11.3 Å². The van der Waals surface area contributed by atoms with Crippen molar-refractivity contribution >= 4 is 15.8 Å². The average Bonchev–Trinajstić information content (AvgIpc) is 2.46. The highest BCUT2D eigenvalue weighted by Crippen LogP contribution is 2.30. The molecule has 2 aromatic rings. The number of hydrogen-bond donors (Lipinski definition) is 1. The number of rotatable bonds is 6. The molecular formula is C16H17NO5S. The van der Waals surface area contributed by atoms with E-state index in [2.05, 4.69) is 0 Å². The second kappa shape index (κ2) is 6.89. The van der Waals surface area contributed by atoms with Crippen LogP contribution in [-0.2, 0) is 23.0 Å². The monoisotopic (exact) mass is 335 g/mol. The second-order valence-corrected chi connectivity index (χ2v) is 6.66. The maximum absolute atomic E-state index is 11.3. The first-order valence-corrected chi connectivity index (χ1v) is 8.53. The summed E-state index contributed by atoms with van der Waals surface area (Å²) in [6.07, 6.45) is 1.93. The van der Waals surface area contributed by atoms with E-state index in [1.807, 2.05) is 30.3 Å². The van der Waals surface area contributed by atoms with Gasteiger partial charge >= 0.3 is 0 Å². The number of nitrogens with zero attached hydrogens (tertiary/aromatic N) is 1. The van der Waals surface area contributed by atoms with Gasteiger partial charge in [-0.25, -0.2) is 0 Å². The molecule has 122 valence electrons. The predicted molar refractivity (Wildman–Crippen MR) is 86.1 cm³/mol. The van der Waals surface area contributed by atoms with Crippen LogP contribution >= 0.6 is 0 Å².